The molecule has 0 N–H and O–H groups in total. The summed E-state index contributed by atoms with van der Waals surface area (Å²) in [5.74, 6) is 0.162. The van der Waals surface area contributed by atoms with Crippen LogP contribution in [-0.4, -0.2) is 17.9 Å². The number of likely N-dealkylation sites (N-methyl/N-ethyl adjacent to an activating group) is 1. The second kappa shape index (κ2) is 4.21. The normalized spacial score (nSPS) is 14.1. The lowest BCUT2D eigenvalue weighted by atomic mass is 10.1. The molecule has 1 aliphatic heterocycles. The Hall–Kier alpha value is -1.68. The first-order valence-electron chi connectivity index (χ1n) is 6.03. The number of benzene rings is 1. The summed E-state index contributed by atoms with van der Waals surface area (Å²) in [7, 11) is 1.83. The molecule has 3 rings (SSSR count). The summed E-state index contributed by atoms with van der Waals surface area (Å²) in [5.41, 5.74) is 4.25. The van der Waals surface area contributed by atoms with E-state index in [1.165, 1.54) is 0 Å². The highest BCUT2D eigenvalue weighted by atomic mass is 32.1. The van der Waals surface area contributed by atoms with Gasteiger partial charge in [0.1, 0.15) is 0 Å². The number of rotatable bonds is 2. The molecule has 1 aromatic heterocycles. The quantitative estimate of drug-likeness (QED) is 0.830. The molecule has 3 nitrogen and oxygen atoms in total. The predicted octanol–water partition coefficient (Wildman–Crippen LogP) is 2.89. The number of hydrogen-bond donors (Lipinski definition) is 0. The molecule has 1 aromatic carbocycles. The van der Waals surface area contributed by atoms with E-state index in [2.05, 4.69) is 23.4 Å². The average molecular weight is 258 g/mol. The fourth-order valence-electron chi connectivity index (χ4n) is 2.24. The van der Waals surface area contributed by atoms with E-state index in [1.807, 2.05) is 19.2 Å². The van der Waals surface area contributed by atoms with Gasteiger partial charge < -0.3 is 4.90 Å². The van der Waals surface area contributed by atoms with Crippen molar-refractivity contribution in [1.82, 2.24) is 4.98 Å². The molecule has 0 atom stereocenters. The van der Waals surface area contributed by atoms with Crippen molar-refractivity contribution in [2.75, 3.05) is 11.9 Å². The number of fused-ring (bicyclic) bond motifs is 1. The number of thiazole rings is 1. The maximum atomic E-state index is 11.6. The van der Waals surface area contributed by atoms with Crippen LogP contribution in [-0.2, 0) is 17.6 Å². The number of carbonyl (C=O) groups excluding carboxylic acids is 1. The number of hydrogen-bond acceptors (Lipinski definition) is 3. The van der Waals surface area contributed by atoms with E-state index in [0.717, 1.165) is 33.9 Å². The topological polar surface area (TPSA) is 33.2 Å². The maximum absolute atomic E-state index is 11.6. The molecule has 2 heterocycles. The van der Waals surface area contributed by atoms with Gasteiger partial charge in [-0.05, 0) is 24.1 Å². The van der Waals surface area contributed by atoms with Gasteiger partial charge in [0.15, 0.2) is 0 Å². The van der Waals surface area contributed by atoms with E-state index in [1.54, 1.807) is 16.2 Å². The summed E-state index contributed by atoms with van der Waals surface area (Å²) < 4.78 is 0. The van der Waals surface area contributed by atoms with Crippen LogP contribution in [0.5, 0.6) is 0 Å². The van der Waals surface area contributed by atoms with Gasteiger partial charge >= 0.3 is 0 Å². The summed E-state index contributed by atoms with van der Waals surface area (Å²) in [5, 5.41) is 3.24. The number of carbonyl (C=O) groups is 1. The Morgan fingerprint density at radius 1 is 1.44 bits per heavy atom. The third kappa shape index (κ3) is 1.73. The SMILES string of the molecule is CCc1nc(-c2ccc3c(c2)CC(=O)N3C)cs1. The third-order valence-electron chi connectivity index (χ3n) is 3.31. The number of aromatic nitrogens is 1. The summed E-state index contributed by atoms with van der Waals surface area (Å²) in [6.45, 7) is 2.11. The molecule has 0 saturated carbocycles. The molecule has 1 amide bonds. The second-order valence-corrected chi connectivity index (χ2v) is 5.40. The number of anilines is 1. The lowest BCUT2D eigenvalue weighted by molar-refractivity contribution is -0.117. The minimum Gasteiger partial charge on any atom is -0.315 e. The van der Waals surface area contributed by atoms with Gasteiger partial charge in [-0.25, -0.2) is 4.98 Å². The molecular formula is C14H14N2OS. The molecule has 0 unspecified atom stereocenters. The molecule has 0 bridgehead atoms. The standard InChI is InChI=1S/C14H14N2OS/c1-3-13-15-11(8-18-13)9-4-5-12-10(6-9)7-14(17)16(12)2/h4-6,8H,3,7H2,1-2H3. The summed E-state index contributed by atoms with van der Waals surface area (Å²) >= 11 is 1.69. The zero-order valence-corrected chi connectivity index (χ0v) is 11.3. The van der Waals surface area contributed by atoms with Gasteiger partial charge in [0, 0.05) is 23.7 Å². The lowest BCUT2D eigenvalue weighted by Gasteiger charge is -2.09. The maximum Gasteiger partial charge on any atom is 0.231 e. The van der Waals surface area contributed by atoms with Gasteiger partial charge in [0.25, 0.3) is 0 Å². The monoisotopic (exact) mass is 258 g/mol. The predicted molar refractivity (Wildman–Crippen MR) is 74.0 cm³/mol. The fraction of sp³-hybridized carbons (Fsp3) is 0.286. The van der Waals surface area contributed by atoms with Gasteiger partial charge in [0.05, 0.1) is 17.1 Å². The van der Waals surface area contributed by atoms with Crippen LogP contribution >= 0.6 is 11.3 Å². The first kappa shape index (κ1) is 11.4. The summed E-state index contributed by atoms with van der Waals surface area (Å²) in [6, 6.07) is 6.15. The van der Waals surface area contributed by atoms with E-state index >= 15 is 0 Å². The smallest absolute Gasteiger partial charge is 0.231 e. The van der Waals surface area contributed by atoms with Crippen LogP contribution in [0.1, 0.15) is 17.5 Å². The zero-order chi connectivity index (χ0) is 12.7. The van der Waals surface area contributed by atoms with Crippen molar-refractivity contribution in [3.63, 3.8) is 0 Å². The molecular weight excluding hydrogens is 244 g/mol. The Morgan fingerprint density at radius 2 is 2.28 bits per heavy atom. The molecule has 0 aliphatic carbocycles. The number of nitrogens with zero attached hydrogens (tertiary/aromatic N) is 2. The van der Waals surface area contributed by atoms with Gasteiger partial charge in [-0.15, -0.1) is 11.3 Å². The molecule has 1 aliphatic rings. The minimum absolute atomic E-state index is 0.162. The summed E-state index contributed by atoms with van der Waals surface area (Å²) in [6.07, 6.45) is 1.47. The number of aryl methyl sites for hydroxylation is 1. The fourth-order valence-corrected chi connectivity index (χ4v) is 2.99. The Balaban J connectivity index is 2.01. The highest BCUT2D eigenvalue weighted by molar-refractivity contribution is 7.09. The summed E-state index contributed by atoms with van der Waals surface area (Å²) in [4.78, 5) is 17.9. The van der Waals surface area contributed by atoms with Crippen LogP contribution in [0.2, 0.25) is 0 Å². The van der Waals surface area contributed by atoms with E-state index in [-0.39, 0.29) is 5.91 Å². The van der Waals surface area contributed by atoms with Crippen molar-refractivity contribution in [2.45, 2.75) is 19.8 Å². The van der Waals surface area contributed by atoms with Gasteiger partial charge in [0.2, 0.25) is 5.91 Å². The Labute approximate surface area is 110 Å². The molecule has 92 valence electrons. The van der Waals surface area contributed by atoms with Crippen molar-refractivity contribution in [1.29, 1.82) is 0 Å². The molecule has 0 saturated heterocycles. The van der Waals surface area contributed by atoms with Crippen LogP contribution in [0.4, 0.5) is 5.69 Å². The van der Waals surface area contributed by atoms with Crippen LogP contribution in [0.25, 0.3) is 11.3 Å². The Bertz CT molecular complexity index is 618. The largest absolute Gasteiger partial charge is 0.315 e. The lowest BCUT2D eigenvalue weighted by Crippen LogP contribution is -2.20. The third-order valence-corrected chi connectivity index (χ3v) is 4.30. The van der Waals surface area contributed by atoms with E-state index in [9.17, 15) is 4.79 Å². The zero-order valence-electron chi connectivity index (χ0n) is 10.4. The van der Waals surface area contributed by atoms with Crippen molar-refractivity contribution in [2.24, 2.45) is 0 Å². The Morgan fingerprint density at radius 3 is 3.00 bits per heavy atom. The van der Waals surface area contributed by atoms with Gasteiger partial charge in [-0.2, -0.15) is 0 Å². The van der Waals surface area contributed by atoms with E-state index in [0.29, 0.717) is 6.42 Å². The first-order chi connectivity index (χ1) is 8.69. The highest BCUT2D eigenvalue weighted by Gasteiger charge is 2.24. The van der Waals surface area contributed by atoms with Crippen molar-refractivity contribution >= 4 is 22.9 Å². The van der Waals surface area contributed by atoms with E-state index < -0.39 is 0 Å². The molecule has 18 heavy (non-hydrogen) atoms. The van der Waals surface area contributed by atoms with Crippen LogP contribution in [0.15, 0.2) is 23.6 Å². The van der Waals surface area contributed by atoms with Crippen molar-refractivity contribution in [3.05, 3.63) is 34.2 Å². The highest BCUT2D eigenvalue weighted by Crippen LogP contribution is 2.32. The molecule has 2 aromatic rings. The van der Waals surface area contributed by atoms with Crippen molar-refractivity contribution < 1.29 is 4.79 Å². The minimum atomic E-state index is 0.162. The second-order valence-electron chi connectivity index (χ2n) is 4.45. The average Bonchev–Trinajstić information content (AvgIpc) is 2.95. The van der Waals surface area contributed by atoms with E-state index in [4.69, 9.17) is 0 Å². The van der Waals surface area contributed by atoms with Crippen LogP contribution in [0.3, 0.4) is 0 Å². The molecule has 4 heteroatoms. The number of amides is 1. The first-order valence-corrected chi connectivity index (χ1v) is 6.91. The van der Waals surface area contributed by atoms with Crippen LogP contribution < -0.4 is 4.90 Å². The molecule has 0 radical (unpaired) electrons. The van der Waals surface area contributed by atoms with Crippen LogP contribution in [0, 0.1) is 0 Å². The van der Waals surface area contributed by atoms with Gasteiger partial charge in [-0.1, -0.05) is 13.0 Å². The van der Waals surface area contributed by atoms with Crippen molar-refractivity contribution in [3.8, 4) is 11.3 Å². The molecule has 0 fully saturated rings. The molecule has 0 spiro atoms. The Kier molecular flexibility index (Phi) is 2.67. The van der Waals surface area contributed by atoms with Gasteiger partial charge in [-0.3, -0.25) is 4.79 Å².